The number of rotatable bonds is 5. The number of ether oxygens (including phenoxy) is 1. The zero-order chi connectivity index (χ0) is 16.4. The Bertz CT molecular complexity index is 695. The average molecular weight is 330 g/mol. The zero-order valence-electron chi connectivity index (χ0n) is 13.6. The van der Waals surface area contributed by atoms with Gasteiger partial charge in [0.15, 0.2) is 0 Å². The van der Waals surface area contributed by atoms with Gasteiger partial charge in [0.2, 0.25) is 5.91 Å². The average Bonchev–Trinajstić information content (AvgIpc) is 3.35. The topological polar surface area (TPSA) is 72.5 Å². The summed E-state index contributed by atoms with van der Waals surface area (Å²) >= 11 is 0. The van der Waals surface area contributed by atoms with Gasteiger partial charge in [0.05, 0.1) is 31.2 Å². The fraction of sp³-hybridized carbons (Fsp3) is 0.529. The molecule has 1 saturated heterocycles. The van der Waals surface area contributed by atoms with Gasteiger partial charge in [-0.3, -0.25) is 9.69 Å². The number of imidazole rings is 1. The highest BCUT2D eigenvalue weighted by molar-refractivity contribution is 5.81. The van der Waals surface area contributed by atoms with Crippen molar-refractivity contribution in [1.29, 1.82) is 0 Å². The van der Waals surface area contributed by atoms with Crippen LogP contribution >= 0.6 is 0 Å². The number of carbonyl (C=O) groups excluding carboxylic acids is 1. The fourth-order valence-corrected chi connectivity index (χ4v) is 3.51. The molecular formula is C17H22N4O3. The van der Waals surface area contributed by atoms with Gasteiger partial charge in [-0.15, -0.1) is 0 Å². The molecule has 0 saturated carbocycles. The molecule has 0 aromatic carbocycles. The molecule has 4 heterocycles. The van der Waals surface area contributed by atoms with Crippen LogP contribution in [0.1, 0.15) is 30.1 Å². The molecule has 7 heteroatoms. The van der Waals surface area contributed by atoms with Crippen LogP contribution in [0.4, 0.5) is 0 Å². The van der Waals surface area contributed by atoms with Crippen LogP contribution in [0.15, 0.2) is 29.0 Å². The SMILES string of the molecule is O=C(NCc1ccco1)C1CCCN1Cc1cnc2n1CCOC2. The van der Waals surface area contributed by atoms with Gasteiger partial charge in [-0.1, -0.05) is 0 Å². The van der Waals surface area contributed by atoms with E-state index in [1.165, 1.54) is 5.69 Å². The molecule has 2 aliphatic heterocycles. The Balaban J connectivity index is 1.39. The number of hydrogen-bond donors (Lipinski definition) is 1. The Labute approximate surface area is 140 Å². The Morgan fingerprint density at radius 2 is 2.38 bits per heavy atom. The van der Waals surface area contributed by atoms with Gasteiger partial charge in [-0.25, -0.2) is 4.98 Å². The van der Waals surface area contributed by atoms with Crippen molar-refractivity contribution in [3.8, 4) is 0 Å². The number of carbonyl (C=O) groups is 1. The van der Waals surface area contributed by atoms with Crippen molar-refractivity contribution in [2.75, 3.05) is 13.2 Å². The predicted octanol–water partition coefficient (Wildman–Crippen LogP) is 1.29. The summed E-state index contributed by atoms with van der Waals surface area (Å²) in [4.78, 5) is 19.2. The van der Waals surface area contributed by atoms with Crippen LogP contribution in [0.25, 0.3) is 0 Å². The van der Waals surface area contributed by atoms with Crippen molar-refractivity contribution in [2.24, 2.45) is 0 Å². The number of furan rings is 1. The Morgan fingerprint density at radius 3 is 3.25 bits per heavy atom. The molecule has 7 nitrogen and oxygen atoms in total. The van der Waals surface area contributed by atoms with Crippen LogP contribution in [0.3, 0.4) is 0 Å². The number of likely N-dealkylation sites (tertiary alicyclic amines) is 1. The lowest BCUT2D eigenvalue weighted by molar-refractivity contribution is -0.125. The third kappa shape index (κ3) is 3.09. The van der Waals surface area contributed by atoms with Crippen molar-refractivity contribution in [3.63, 3.8) is 0 Å². The maximum atomic E-state index is 12.5. The molecule has 0 aliphatic carbocycles. The number of hydrogen-bond acceptors (Lipinski definition) is 5. The number of nitrogens with one attached hydrogen (secondary N) is 1. The molecule has 1 unspecified atom stereocenters. The first kappa shape index (κ1) is 15.4. The van der Waals surface area contributed by atoms with Crippen molar-refractivity contribution in [3.05, 3.63) is 41.9 Å². The molecule has 24 heavy (non-hydrogen) atoms. The summed E-state index contributed by atoms with van der Waals surface area (Å²) < 4.78 is 12.9. The minimum Gasteiger partial charge on any atom is -0.467 e. The minimum atomic E-state index is -0.0778. The number of amides is 1. The van der Waals surface area contributed by atoms with Crippen LogP contribution in [0, 0.1) is 0 Å². The van der Waals surface area contributed by atoms with E-state index in [9.17, 15) is 4.79 Å². The van der Waals surface area contributed by atoms with E-state index in [0.29, 0.717) is 13.2 Å². The number of fused-ring (bicyclic) bond motifs is 1. The van der Waals surface area contributed by atoms with E-state index < -0.39 is 0 Å². The summed E-state index contributed by atoms with van der Waals surface area (Å²) in [6, 6.07) is 3.62. The molecular weight excluding hydrogens is 308 g/mol. The van der Waals surface area contributed by atoms with E-state index in [-0.39, 0.29) is 11.9 Å². The molecule has 0 radical (unpaired) electrons. The second-order valence-electron chi connectivity index (χ2n) is 6.30. The fourth-order valence-electron chi connectivity index (χ4n) is 3.51. The van der Waals surface area contributed by atoms with E-state index >= 15 is 0 Å². The van der Waals surface area contributed by atoms with Crippen molar-refractivity contribution >= 4 is 5.91 Å². The van der Waals surface area contributed by atoms with Gasteiger partial charge in [-0.2, -0.15) is 0 Å². The lowest BCUT2D eigenvalue weighted by atomic mass is 10.2. The largest absolute Gasteiger partial charge is 0.467 e. The van der Waals surface area contributed by atoms with Crippen molar-refractivity contribution < 1.29 is 13.9 Å². The maximum absolute atomic E-state index is 12.5. The summed E-state index contributed by atoms with van der Waals surface area (Å²) in [5, 5.41) is 2.98. The Kier molecular flexibility index (Phi) is 4.36. The summed E-state index contributed by atoms with van der Waals surface area (Å²) in [6.07, 6.45) is 5.48. The quantitative estimate of drug-likeness (QED) is 0.894. The van der Waals surface area contributed by atoms with Crippen LogP contribution < -0.4 is 5.32 Å². The molecule has 2 aliphatic rings. The lowest BCUT2D eigenvalue weighted by Crippen LogP contribution is -2.43. The lowest BCUT2D eigenvalue weighted by Gasteiger charge is -2.25. The third-order valence-electron chi connectivity index (χ3n) is 4.76. The number of aromatic nitrogens is 2. The molecule has 4 rings (SSSR count). The van der Waals surface area contributed by atoms with Crippen LogP contribution in [0.5, 0.6) is 0 Å². The van der Waals surface area contributed by atoms with Crippen LogP contribution in [-0.2, 0) is 35.8 Å². The first-order chi connectivity index (χ1) is 11.8. The zero-order valence-corrected chi connectivity index (χ0v) is 13.6. The van der Waals surface area contributed by atoms with Crippen LogP contribution in [0.2, 0.25) is 0 Å². The van der Waals surface area contributed by atoms with E-state index in [4.69, 9.17) is 9.15 Å². The highest BCUT2D eigenvalue weighted by Crippen LogP contribution is 2.22. The molecule has 128 valence electrons. The minimum absolute atomic E-state index is 0.0746. The Hall–Kier alpha value is -2.12. The molecule has 1 N–H and O–H groups in total. The standard InChI is InChI=1S/C17H22N4O3/c22-17(19-10-14-3-2-7-24-14)15-4-1-5-20(15)11-13-9-18-16-12-23-8-6-21(13)16/h2-3,7,9,15H,1,4-6,8,10-12H2,(H,19,22). The van der Waals surface area contributed by atoms with Gasteiger partial charge in [0.25, 0.3) is 0 Å². The Morgan fingerprint density at radius 1 is 1.42 bits per heavy atom. The molecule has 0 spiro atoms. The normalized spacial score (nSPS) is 20.9. The smallest absolute Gasteiger partial charge is 0.237 e. The van der Waals surface area contributed by atoms with E-state index in [0.717, 1.165) is 50.7 Å². The maximum Gasteiger partial charge on any atom is 0.237 e. The van der Waals surface area contributed by atoms with Gasteiger partial charge in [-0.05, 0) is 31.5 Å². The van der Waals surface area contributed by atoms with Crippen LogP contribution in [-0.4, -0.2) is 39.6 Å². The van der Waals surface area contributed by atoms with Gasteiger partial charge in [0.1, 0.15) is 18.2 Å². The van der Waals surface area contributed by atoms with E-state index in [1.807, 2.05) is 18.3 Å². The molecule has 2 aromatic heterocycles. The first-order valence-corrected chi connectivity index (χ1v) is 8.46. The number of nitrogens with zero attached hydrogens (tertiary/aromatic N) is 3. The van der Waals surface area contributed by atoms with Crippen molar-refractivity contribution in [2.45, 2.75) is 45.1 Å². The molecule has 1 fully saturated rings. The van der Waals surface area contributed by atoms with E-state index in [1.54, 1.807) is 6.26 Å². The third-order valence-corrected chi connectivity index (χ3v) is 4.76. The molecule has 1 amide bonds. The summed E-state index contributed by atoms with van der Waals surface area (Å²) in [7, 11) is 0. The summed E-state index contributed by atoms with van der Waals surface area (Å²) in [5.74, 6) is 1.83. The molecule has 2 aromatic rings. The summed E-state index contributed by atoms with van der Waals surface area (Å²) in [6.45, 7) is 4.28. The highest BCUT2D eigenvalue weighted by atomic mass is 16.5. The first-order valence-electron chi connectivity index (χ1n) is 8.46. The van der Waals surface area contributed by atoms with Gasteiger partial charge in [0, 0.05) is 19.3 Å². The molecule has 0 bridgehead atoms. The summed E-state index contributed by atoms with van der Waals surface area (Å²) in [5.41, 5.74) is 1.17. The monoisotopic (exact) mass is 330 g/mol. The van der Waals surface area contributed by atoms with Gasteiger partial charge >= 0.3 is 0 Å². The molecule has 1 atom stereocenters. The second kappa shape index (κ2) is 6.78. The van der Waals surface area contributed by atoms with E-state index in [2.05, 4.69) is 19.8 Å². The van der Waals surface area contributed by atoms with Gasteiger partial charge < -0.3 is 19.0 Å². The predicted molar refractivity (Wildman–Crippen MR) is 85.9 cm³/mol. The second-order valence-corrected chi connectivity index (χ2v) is 6.30. The van der Waals surface area contributed by atoms with Crippen molar-refractivity contribution in [1.82, 2.24) is 19.8 Å². The highest BCUT2D eigenvalue weighted by Gasteiger charge is 2.31.